The summed E-state index contributed by atoms with van der Waals surface area (Å²) < 4.78 is 4.66. The molecule has 1 aliphatic carbocycles. The lowest BCUT2D eigenvalue weighted by atomic mass is 9.97. The molecule has 0 saturated heterocycles. The molecule has 19 heavy (non-hydrogen) atoms. The summed E-state index contributed by atoms with van der Waals surface area (Å²) in [5, 5.41) is 0. The van der Waals surface area contributed by atoms with E-state index >= 15 is 0 Å². The van der Waals surface area contributed by atoms with Crippen molar-refractivity contribution in [1.82, 2.24) is 0 Å². The van der Waals surface area contributed by atoms with Gasteiger partial charge in [0.25, 0.3) is 0 Å². The predicted molar refractivity (Wildman–Crippen MR) is 73.3 cm³/mol. The van der Waals surface area contributed by atoms with Crippen LogP contribution in [0.25, 0.3) is 0 Å². The highest BCUT2D eigenvalue weighted by atomic mass is 16.5. The predicted octanol–water partition coefficient (Wildman–Crippen LogP) is 3.63. The van der Waals surface area contributed by atoms with Crippen molar-refractivity contribution >= 4 is 11.8 Å². The van der Waals surface area contributed by atoms with Crippen molar-refractivity contribution in [3.63, 3.8) is 0 Å². The molecule has 0 heterocycles. The Kier molecular flexibility index (Phi) is 4.72. The molecule has 0 aromatic heterocycles. The molecule has 0 atom stereocenters. The minimum Gasteiger partial charge on any atom is -0.465 e. The largest absolute Gasteiger partial charge is 0.465 e. The number of carbonyl (C=O) groups excluding carboxylic acids is 2. The van der Waals surface area contributed by atoms with Gasteiger partial charge in [-0.05, 0) is 24.5 Å². The molecule has 0 aliphatic heterocycles. The zero-order valence-corrected chi connectivity index (χ0v) is 11.4. The van der Waals surface area contributed by atoms with E-state index in [1.807, 2.05) is 0 Å². The molecular formula is C16H20O3. The lowest BCUT2D eigenvalue weighted by Crippen LogP contribution is -2.06. The Balaban J connectivity index is 1.96. The van der Waals surface area contributed by atoms with Gasteiger partial charge in [-0.25, -0.2) is 4.79 Å². The minimum absolute atomic E-state index is 0.123. The molecule has 0 N–H and O–H groups in total. The fourth-order valence-electron chi connectivity index (χ4n) is 2.72. The molecule has 0 bridgehead atoms. The van der Waals surface area contributed by atoms with Crippen molar-refractivity contribution in [3.8, 4) is 0 Å². The van der Waals surface area contributed by atoms with Crippen LogP contribution in [0.4, 0.5) is 0 Å². The van der Waals surface area contributed by atoms with Gasteiger partial charge in [-0.15, -0.1) is 0 Å². The Morgan fingerprint density at radius 1 is 1.21 bits per heavy atom. The second-order valence-electron chi connectivity index (χ2n) is 5.18. The fraction of sp³-hybridized carbons (Fsp3) is 0.500. The van der Waals surface area contributed by atoms with Crippen LogP contribution in [0.5, 0.6) is 0 Å². The van der Waals surface area contributed by atoms with Crippen molar-refractivity contribution < 1.29 is 14.3 Å². The second-order valence-corrected chi connectivity index (χ2v) is 5.18. The Morgan fingerprint density at radius 2 is 1.89 bits per heavy atom. The van der Waals surface area contributed by atoms with Crippen molar-refractivity contribution in [2.24, 2.45) is 5.92 Å². The highest BCUT2D eigenvalue weighted by Crippen LogP contribution is 2.29. The summed E-state index contributed by atoms with van der Waals surface area (Å²) in [4.78, 5) is 23.5. The van der Waals surface area contributed by atoms with Gasteiger partial charge in [-0.1, -0.05) is 37.8 Å². The van der Waals surface area contributed by atoms with E-state index in [1.54, 1.807) is 24.3 Å². The van der Waals surface area contributed by atoms with Gasteiger partial charge >= 0.3 is 5.97 Å². The van der Waals surface area contributed by atoms with Gasteiger partial charge in [-0.3, -0.25) is 4.79 Å². The summed E-state index contributed by atoms with van der Waals surface area (Å²) in [7, 11) is 1.34. The molecule has 102 valence electrons. The first-order valence-corrected chi connectivity index (χ1v) is 6.92. The van der Waals surface area contributed by atoms with E-state index in [9.17, 15) is 9.59 Å². The van der Waals surface area contributed by atoms with Crippen LogP contribution in [0, 0.1) is 5.92 Å². The number of rotatable bonds is 5. The third-order valence-corrected chi connectivity index (χ3v) is 3.86. The summed E-state index contributed by atoms with van der Waals surface area (Å²) in [5.41, 5.74) is 1.05. The second kappa shape index (κ2) is 6.50. The van der Waals surface area contributed by atoms with Gasteiger partial charge < -0.3 is 4.74 Å². The molecule has 1 aliphatic rings. The molecule has 0 radical (unpaired) electrons. The van der Waals surface area contributed by atoms with E-state index in [0.29, 0.717) is 23.5 Å². The Hall–Kier alpha value is -1.64. The number of methoxy groups -OCH3 is 1. The van der Waals surface area contributed by atoms with E-state index in [4.69, 9.17) is 0 Å². The van der Waals surface area contributed by atoms with E-state index in [-0.39, 0.29) is 5.78 Å². The molecule has 1 aromatic carbocycles. The Morgan fingerprint density at radius 3 is 2.58 bits per heavy atom. The topological polar surface area (TPSA) is 43.4 Å². The van der Waals surface area contributed by atoms with Crippen LogP contribution in [0.3, 0.4) is 0 Å². The third kappa shape index (κ3) is 3.66. The first-order valence-electron chi connectivity index (χ1n) is 6.92. The van der Waals surface area contributed by atoms with Gasteiger partial charge in [0.05, 0.1) is 12.7 Å². The summed E-state index contributed by atoms with van der Waals surface area (Å²) in [5.74, 6) is 0.441. The van der Waals surface area contributed by atoms with Crippen LogP contribution < -0.4 is 0 Å². The average molecular weight is 260 g/mol. The smallest absolute Gasteiger partial charge is 0.337 e. The van der Waals surface area contributed by atoms with Gasteiger partial charge in [0.1, 0.15) is 0 Å². The third-order valence-electron chi connectivity index (χ3n) is 3.86. The standard InChI is InChI=1S/C16H20O3/c1-19-16(18)14-8-4-7-13(11-14)15(17)10-9-12-5-2-3-6-12/h4,7-8,11-12H,2-3,5-6,9-10H2,1H3. The van der Waals surface area contributed by atoms with Gasteiger partial charge in [0.15, 0.2) is 5.78 Å². The quantitative estimate of drug-likeness (QED) is 0.600. The fourth-order valence-corrected chi connectivity index (χ4v) is 2.72. The maximum absolute atomic E-state index is 12.1. The molecule has 1 fully saturated rings. The van der Waals surface area contributed by atoms with E-state index in [0.717, 1.165) is 6.42 Å². The van der Waals surface area contributed by atoms with Crippen molar-refractivity contribution in [3.05, 3.63) is 35.4 Å². The first kappa shape index (κ1) is 13.8. The summed E-state index contributed by atoms with van der Waals surface area (Å²) in [6, 6.07) is 6.79. The maximum atomic E-state index is 12.1. The summed E-state index contributed by atoms with van der Waals surface area (Å²) in [6.45, 7) is 0. The Labute approximate surface area is 114 Å². The molecule has 3 heteroatoms. The molecule has 0 unspecified atom stereocenters. The van der Waals surface area contributed by atoms with Gasteiger partial charge in [0.2, 0.25) is 0 Å². The van der Waals surface area contributed by atoms with Crippen LogP contribution >= 0.6 is 0 Å². The Bertz CT molecular complexity index is 459. The van der Waals surface area contributed by atoms with Gasteiger partial charge in [0, 0.05) is 12.0 Å². The highest BCUT2D eigenvalue weighted by molar-refractivity contribution is 5.99. The summed E-state index contributed by atoms with van der Waals surface area (Å²) in [6.07, 6.45) is 6.68. The maximum Gasteiger partial charge on any atom is 0.337 e. The summed E-state index contributed by atoms with van der Waals surface area (Å²) >= 11 is 0. The number of hydrogen-bond donors (Lipinski definition) is 0. The van der Waals surface area contributed by atoms with Crippen molar-refractivity contribution in [1.29, 1.82) is 0 Å². The van der Waals surface area contributed by atoms with E-state index in [2.05, 4.69) is 4.74 Å². The number of ether oxygens (including phenoxy) is 1. The molecule has 2 rings (SSSR count). The highest BCUT2D eigenvalue weighted by Gasteiger charge is 2.17. The van der Waals surface area contributed by atoms with Gasteiger partial charge in [-0.2, -0.15) is 0 Å². The normalized spacial score (nSPS) is 15.4. The van der Waals surface area contributed by atoms with Crippen LogP contribution in [-0.2, 0) is 4.74 Å². The monoisotopic (exact) mass is 260 g/mol. The number of Topliss-reactive ketones (excluding diaryl/α,β-unsaturated/α-hetero) is 1. The van der Waals surface area contributed by atoms with Crippen LogP contribution in [0.2, 0.25) is 0 Å². The molecule has 3 nitrogen and oxygen atoms in total. The van der Waals surface area contributed by atoms with E-state index in [1.165, 1.54) is 32.8 Å². The number of benzene rings is 1. The SMILES string of the molecule is COC(=O)c1cccc(C(=O)CCC2CCCC2)c1. The van der Waals surface area contributed by atoms with Crippen molar-refractivity contribution in [2.75, 3.05) is 7.11 Å². The molecule has 0 amide bonds. The lowest BCUT2D eigenvalue weighted by molar-refractivity contribution is 0.0600. The molecular weight excluding hydrogens is 240 g/mol. The zero-order valence-electron chi connectivity index (χ0n) is 11.4. The average Bonchev–Trinajstić information content (AvgIpc) is 2.97. The molecule has 0 spiro atoms. The number of hydrogen-bond acceptors (Lipinski definition) is 3. The van der Waals surface area contributed by atoms with Crippen LogP contribution in [-0.4, -0.2) is 18.9 Å². The number of ketones is 1. The van der Waals surface area contributed by atoms with Crippen molar-refractivity contribution in [2.45, 2.75) is 38.5 Å². The van der Waals surface area contributed by atoms with Crippen LogP contribution in [0.1, 0.15) is 59.2 Å². The molecule has 1 aromatic rings. The lowest BCUT2D eigenvalue weighted by Gasteiger charge is -2.08. The minimum atomic E-state index is -0.398. The molecule has 1 saturated carbocycles. The number of esters is 1. The number of carbonyl (C=O) groups is 2. The first-order chi connectivity index (χ1) is 9.20. The van der Waals surface area contributed by atoms with Crippen LogP contribution in [0.15, 0.2) is 24.3 Å². The van der Waals surface area contributed by atoms with E-state index < -0.39 is 5.97 Å². The zero-order chi connectivity index (χ0) is 13.7.